The molecule has 0 aliphatic heterocycles. The Labute approximate surface area is 210 Å². The molecule has 2 aromatic carbocycles. The predicted molar refractivity (Wildman–Crippen MR) is 91.6 cm³/mol. The Balaban J connectivity index is 0.00000450. The second-order valence-electron chi connectivity index (χ2n) is 5.42. The molecule has 0 bridgehead atoms. The Kier molecular flexibility index (Phi) is 8.56. The number of hydrogen-bond donors (Lipinski definition) is 4. The summed E-state index contributed by atoms with van der Waals surface area (Å²) in [7, 11) is 0. The standard InChI is InChI=1S/C18H10O11.K.H/c19-13(20)7-1-3-9(11(5-7)15(23)24)17(27)29-18(28)10-4-2-8(14(21)22)6-12(10)16(25)26;;/h1-6H,(H,19,20)(H,21,22)(H,23,24)(H,25,26);;/q;+1;-1. The molecular formula is C18H11KO11. The molecule has 0 aromatic heterocycles. The van der Waals surface area contributed by atoms with Gasteiger partial charge in [-0.05, 0) is 36.4 Å². The Hall–Kier alpha value is -2.90. The molecule has 0 fully saturated rings. The number of carbonyl (C=O) groups excluding carboxylic acids is 2. The third-order valence-corrected chi connectivity index (χ3v) is 3.62. The fraction of sp³-hybridized carbons (Fsp3) is 0. The number of esters is 2. The Morgan fingerprint density at radius 3 is 1.17 bits per heavy atom. The van der Waals surface area contributed by atoms with Gasteiger partial charge in [-0.1, -0.05) is 0 Å². The van der Waals surface area contributed by atoms with Gasteiger partial charge in [0.2, 0.25) is 0 Å². The minimum Gasteiger partial charge on any atom is -1.00 e. The summed E-state index contributed by atoms with van der Waals surface area (Å²) < 4.78 is 4.51. The normalized spacial score (nSPS) is 9.73. The van der Waals surface area contributed by atoms with E-state index >= 15 is 0 Å². The number of benzene rings is 2. The van der Waals surface area contributed by atoms with Gasteiger partial charge in [-0.25, -0.2) is 28.8 Å². The second-order valence-corrected chi connectivity index (χ2v) is 5.42. The summed E-state index contributed by atoms with van der Waals surface area (Å²) in [6.45, 7) is 0. The SMILES string of the molecule is O=C(O)c1ccc(C(=O)OC(=O)c2ccc(C(=O)O)cc2C(=O)O)c(C(=O)O)c1.[H-].[K+]. The van der Waals surface area contributed by atoms with Crippen molar-refractivity contribution in [3.05, 3.63) is 69.8 Å². The molecule has 30 heavy (non-hydrogen) atoms. The van der Waals surface area contributed by atoms with Gasteiger partial charge in [-0.3, -0.25) is 0 Å². The van der Waals surface area contributed by atoms with Crippen molar-refractivity contribution in [3.63, 3.8) is 0 Å². The maximum Gasteiger partial charge on any atom is 1.00 e. The first-order chi connectivity index (χ1) is 13.5. The zero-order valence-electron chi connectivity index (χ0n) is 16.1. The van der Waals surface area contributed by atoms with E-state index in [2.05, 4.69) is 4.74 Å². The topological polar surface area (TPSA) is 193 Å². The Morgan fingerprint density at radius 2 is 0.900 bits per heavy atom. The summed E-state index contributed by atoms with van der Waals surface area (Å²) in [5.41, 5.74) is -3.64. The van der Waals surface area contributed by atoms with E-state index in [1.54, 1.807) is 0 Å². The third-order valence-electron chi connectivity index (χ3n) is 3.62. The molecule has 0 radical (unpaired) electrons. The summed E-state index contributed by atoms with van der Waals surface area (Å²) in [4.78, 5) is 68.8. The molecule has 0 spiro atoms. The number of rotatable bonds is 6. The van der Waals surface area contributed by atoms with Crippen LogP contribution in [0.25, 0.3) is 0 Å². The minimum atomic E-state index is -1.66. The molecule has 2 rings (SSSR count). The summed E-state index contributed by atoms with van der Waals surface area (Å²) in [6, 6.07) is 4.87. The van der Waals surface area contributed by atoms with Crippen LogP contribution in [0.15, 0.2) is 36.4 Å². The van der Waals surface area contributed by atoms with Crippen molar-refractivity contribution in [1.82, 2.24) is 0 Å². The predicted octanol–water partition coefficient (Wildman–Crippen LogP) is -1.41. The van der Waals surface area contributed by atoms with Crippen LogP contribution in [-0.2, 0) is 4.74 Å². The van der Waals surface area contributed by atoms with Gasteiger partial charge in [0.05, 0.1) is 33.4 Å². The van der Waals surface area contributed by atoms with Crippen molar-refractivity contribution < 1.29 is 107 Å². The molecule has 0 atom stereocenters. The van der Waals surface area contributed by atoms with Gasteiger partial charge in [0.15, 0.2) is 0 Å². The largest absolute Gasteiger partial charge is 1.00 e. The smallest absolute Gasteiger partial charge is 1.00 e. The second kappa shape index (κ2) is 10.2. The number of aromatic carboxylic acids is 4. The molecule has 12 heteroatoms. The van der Waals surface area contributed by atoms with E-state index in [1.165, 1.54) is 0 Å². The van der Waals surface area contributed by atoms with E-state index < -0.39 is 69.2 Å². The molecule has 4 N–H and O–H groups in total. The van der Waals surface area contributed by atoms with Gasteiger partial charge in [0.25, 0.3) is 0 Å². The van der Waals surface area contributed by atoms with E-state index in [9.17, 15) is 28.8 Å². The van der Waals surface area contributed by atoms with Gasteiger partial charge < -0.3 is 26.6 Å². The van der Waals surface area contributed by atoms with E-state index in [-0.39, 0.29) is 52.8 Å². The number of hydrogen-bond acceptors (Lipinski definition) is 7. The van der Waals surface area contributed by atoms with Crippen LogP contribution in [0.3, 0.4) is 0 Å². The van der Waals surface area contributed by atoms with E-state index in [1.807, 2.05) is 0 Å². The van der Waals surface area contributed by atoms with Gasteiger partial charge in [0.1, 0.15) is 0 Å². The van der Waals surface area contributed by atoms with Crippen LogP contribution in [0, 0.1) is 0 Å². The summed E-state index contributed by atoms with van der Waals surface area (Å²) in [5.74, 6) is -9.17. The van der Waals surface area contributed by atoms with Crippen LogP contribution in [0.2, 0.25) is 0 Å². The van der Waals surface area contributed by atoms with Crippen molar-refractivity contribution in [1.29, 1.82) is 0 Å². The van der Waals surface area contributed by atoms with Crippen LogP contribution in [-0.4, -0.2) is 56.2 Å². The molecule has 0 heterocycles. The molecule has 0 saturated heterocycles. The summed E-state index contributed by atoms with van der Waals surface area (Å²) >= 11 is 0. The van der Waals surface area contributed by atoms with Crippen molar-refractivity contribution in [2.45, 2.75) is 0 Å². The summed E-state index contributed by atoms with van der Waals surface area (Å²) in [6.07, 6.45) is 0. The number of carbonyl (C=O) groups is 6. The maximum atomic E-state index is 12.2. The molecule has 0 saturated carbocycles. The van der Waals surface area contributed by atoms with Crippen LogP contribution in [0.4, 0.5) is 0 Å². The van der Waals surface area contributed by atoms with Crippen LogP contribution < -0.4 is 51.4 Å². The molecule has 11 nitrogen and oxygen atoms in total. The van der Waals surface area contributed by atoms with E-state index in [0.29, 0.717) is 12.1 Å². The third kappa shape index (κ3) is 5.58. The van der Waals surface area contributed by atoms with Crippen molar-refractivity contribution in [2.75, 3.05) is 0 Å². The first-order valence-electron chi connectivity index (χ1n) is 7.50. The zero-order chi connectivity index (χ0) is 21.9. The average molecular weight is 442 g/mol. The van der Waals surface area contributed by atoms with Gasteiger partial charge in [0, 0.05) is 0 Å². The maximum absolute atomic E-state index is 12.2. The fourth-order valence-corrected chi connectivity index (χ4v) is 2.26. The van der Waals surface area contributed by atoms with Crippen molar-refractivity contribution in [2.24, 2.45) is 0 Å². The van der Waals surface area contributed by atoms with E-state index in [4.69, 9.17) is 20.4 Å². The molecule has 150 valence electrons. The minimum absolute atomic E-state index is 0. The van der Waals surface area contributed by atoms with Crippen molar-refractivity contribution >= 4 is 35.8 Å². The number of ether oxygens (including phenoxy) is 1. The molecular weight excluding hydrogens is 431 g/mol. The average Bonchev–Trinajstić information content (AvgIpc) is 2.66. The van der Waals surface area contributed by atoms with Crippen LogP contribution >= 0.6 is 0 Å². The Morgan fingerprint density at radius 1 is 0.567 bits per heavy atom. The van der Waals surface area contributed by atoms with Crippen LogP contribution in [0.1, 0.15) is 63.6 Å². The van der Waals surface area contributed by atoms with Crippen molar-refractivity contribution in [3.8, 4) is 0 Å². The summed E-state index contributed by atoms with van der Waals surface area (Å²) in [5, 5.41) is 36.1. The molecule has 0 unspecified atom stereocenters. The van der Waals surface area contributed by atoms with Gasteiger partial charge in [-0.15, -0.1) is 0 Å². The molecule has 0 aliphatic rings. The number of carboxylic acid groups (broad SMARTS) is 4. The van der Waals surface area contributed by atoms with Crippen LogP contribution in [0.5, 0.6) is 0 Å². The molecule has 0 aliphatic carbocycles. The quantitative estimate of drug-likeness (QED) is 0.233. The first kappa shape index (κ1) is 25.1. The number of carboxylic acids is 4. The first-order valence-corrected chi connectivity index (χ1v) is 7.50. The van der Waals surface area contributed by atoms with Gasteiger partial charge >= 0.3 is 87.2 Å². The van der Waals surface area contributed by atoms with Gasteiger partial charge in [-0.2, -0.15) is 0 Å². The monoisotopic (exact) mass is 442 g/mol. The van der Waals surface area contributed by atoms with E-state index in [0.717, 1.165) is 24.3 Å². The fourth-order valence-electron chi connectivity index (χ4n) is 2.26. The molecule has 0 amide bonds. The Bertz CT molecular complexity index is 1010. The zero-order valence-corrected chi connectivity index (χ0v) is 18.2. The molecule has 2 aromatic rings.